The molecule has 1 N–H and O–H groups in total. The first-order valence-electron chi connectivity index (χ1n) is 8.38. The van der Waals surface area contributed by atoms with E-state index in [9.17, 15) is 9.59 Å². The van der Waals surface area contributed by atoms with E-state index in [-0.39, 0.29) is 17.7 Å². The Kier molecular flexibility index (Phi) is 4.48. The van der Waals surface area contributed by atoms with Crippen LogP contribution in [0.25, 0.3) is 0 Å². The van der Waals surface area contributed by atoms with Crippen LogP contribution >= 0.6 is 22.9 Å². The van der Waals surface area contributed by atoms with E-state index in [0.29, 0.717) is 30.6 Å². The van der Waals surface area contributed by atoms with Crippen molar-refractivity contribution in [2.45, 2.75) is 31.7 Å². The molecule has 2 fully saturated rings. The van der Waals surface area contributed by atoms with Gasteiger partial charge in [-0.2, -0.15) is 0 Å². The first kappa shape index (κ1) is 16.5. The highest BCUT2D eigenvalue weighted by Crippen LogP contribution is 2.33. The molecule has 1 saturated carbocycles. The number of hydrogen-bond acceptors (Lipinski definition) is 4. The van der Waals surface area contributed by atoms with Crippen LogP contribution in [-0.4, -0.2) is 34.3 Å². The number of nitrogens with zero attached hydrogens (tertiary/aromatic N) is 2. The quantitative estimate of drug-likeness (QED) is 0.871. The van der Waals surface area contributed by atoms with Crippen molar-refractivity contribution in [2.75, 3.05) is 11.9 Å². The maximum absolute atomic E-state index is 12.4. The molecule has 5 nitrogen and oxygen atoms in total. The summed E-state index contributed by atoms with van der Waals surface area (Å²) in [5.74, 6) is -0.291. The van der Waals surface area contributed by atoms with Gasteiger partial charge in [-0.15, -0.1) is 11.3 Å². The summed E-state index contributed by atoms with van der Waals surface area (Å²) in [6, 6.07) is 8.07. The molecule has 7 heteroatoms. The number of amides is 2. The van der Waals surface area contributed by atoms with E-state index in [1.54, 1.807) is 6.20 Å². The molecule has 1 saturated heterocycles. The third-order valence-electron chi connectivity index (χ3n) is 4.62. The van der Waals surface area contributed by atoms with Crippen LogP contribution in [-0.2, 0) is 16.0 Å². The Bertz CT molecular complexity index is 818. The number of aromatic nitrogens is 1. The molecule has 0 spiro atoms. The number of likely N-dealkylation sites (tertiary alicyclic amines) is 1. The molecule has 130 valence electrons. The number of nitrogens with one attached hydrogen (secondary N) is 1. The number of anilines is 1. The number of hydrogen-bond donors (Lipinski definition) is 1. The standard InChI is InChI=1S/C18H18ClN3O2S/c19-15-4-2-1-3-11(15)7-14-9-20-18(25-14)21-17(24)12-8-16(23)22(10-12)13-5-6-13/h1-4,9,12-13H,5-8,10H2,(H,20,21,24)/t12-/m0/s1. The molecule has 2 aromatic rings. The average Bonchev–Trinajstić information content (AvgIpc) is 3.22. The molecule has 4 rings (SSSR count). The minimum Gasteiger partial charge on any atom is -0.339 e. The average molecular weight is 376 g/mol. The second-order valence-corrected chi connectivity index (χ2v) is 8.09. The highest BCUT2D eigenvalue weighted by atomic mass is 35.5. The first-order valence-corrected chi connectivity index (χ1v) is 9.58. The zero-order valence-electron chi connectivity index (χ0n) is 13.6. The van der Waals surface area contributed by atoms with Crippen molar-refractivity contribution in [3.63, 3.8) is 0 Å². The maximum Gasteiger partial charge on any atom is 0.231 e. The fraction of sp³-hybridized carbons (Fsp3) is 0.389. The molecule has 2 amide bonds. The van der Waals surface area contributed by atoms with E-state index in [1.165, 1.54) is 11.3 Å². The van der Waals surface area contributed by atoms with Crippen LogP contribution in [0, 0.1) is 5.92 Å². The van der Waals surface area contributed by atoms with Gasteiger partial charge in [0.2, 0.25) is 11.8 Å². The Morgan fingerprint density at radius 2 is 2.16 bits per heavy atom. The number of carbonyl (C=O) groups is 2. The van der Waals surface area contributed by atoms with E-state index < -0.39 is 0 Å². The number of rotatable bonds is 5. The lowest BCUT2D eigenvalue weighted by Crippen LogP contribution is -2.29. The van der Waals surface area contributed by atoms with Gasteiger partial charge in [0.1, 0.15) is 0 Å². The normalized spacial score (nSPS) is 20.1. The summed E-state index contributed by atoms with van der Waals surface area (Å²) in [5, 5.41) is 4.16. The van der Waals surface area contributed by atoms with Gasteiger partial charge in [0.15, 0.2) is 5.13 Å². The monoisotopic (exact) mass is 375 g/mol. The number of thiazole rings is 1. The van der Waals surface area contributed by atoms with Crippen molar-refractivity contribution in [1.82, 2.24) is 9.88 Å². The van der Waals surface area contributed by atoms with Crippen molar-refractivity contribution >= 4 is 39.9 Å². The molecule has 2 heterocycles. The third kappa shape index (κ3) is 3.70. The van der Waals surface area contributed by atoms with E-state index in [4.69, 9.17) is 11.6 Å². The maximum atomic E-state index is 12.4. The van der Waals surface area contributed by atoms with Gasteiger partial charge >= 0.3 is 0 Å². The van der Waals surface area contributed by atoms with Crippen molar-refractivity contribution < 1.29 is 9.59 Å². The molecular formula is C18H18ClN3O2S. The predicted octanol–water partition coefficient (Wildman–Crippen LogP) is 3.34. The number of carbonyl (C=O) groups excluding carboxylic acids is 2. The molecule has 1 aromatic carbocycles. The van der Waals surface area contributed by atoms with Crippen LogP contribution in [0.4, 0.5) is 5.13 Å². The van der Waals surface area contributed by atoms with Crippen molar-refractivity contribution in [3.05, 3.63) is 45.9 Å². The van der Waals surface area contributed by atoms with Gasteiger partial charge in [0, 0.05) is 41.5 Å². The smallest absolute Gasteiger partial charge is 0.231 e. The number of halogens is 1. The van der Waals surface area contributed by atoms with E-state index in [0.717, 1.165) is 28.3 Å². The van der Waals surface area contributed by atoms with Gasteiger partial charge in [-0.3, -0.25) is 9.59 Å². The minimum atomic E-state index is -0.274. The van der Waals surface area contributed by atoms with Crippen LogP contribution in [0.5, 0.6) is 0 Å². The lowest BCUT2D eigenvalue weighted by molar-refractivity contribution is -0.128. The third-order valence-corrected chi connectivity index (χ3v) is 5.90. The van der Waals surface area contributed by atoms with Crippen molar-refractivity contribution in [3.8, 4) is 0 Å². The summed E-state index contributed by atoms with van der Waals surface area (Å²) in [6.45, 7) is 0.535. The summed E-state index contributed by atoms with van der Waals surface area (Å²) in [6.07, 6.45) is 4.89. The van der Waals surface area contributed by atoms with Crippen LogP contribution in [0.1, 0.15) is 29.7 Å². The highest BCUT2D eigenvalue weighted by molar-refractivity contribution is 7.15. The molecule has 2 aliphatic rings. The Morgan fingerprint density at radius 1 is 1.36 bits per heavy atom. The second-order valence-electron chi connectivity index (χ2n) is 6.57. The summed E-state index contributed by atoms with van der Waals surface area (Å²) < 4.78 is 0. The predicted molar refractivity (Wildman–Crippen MR) is 97.8 cm³/mol. The number of benzene rings is 1. The van der Waals surface area contributed by atoms with Crippen LogP contribution in [0.3, 0.4) is 0 Å². The SMILES string of the molecule is O=C(Nc1ncc(Cc2ccccc2Cl)s1)[C@H]1CC(=O)N(C2CC2)C1. The summed E-state index contributed by atoms with van der Waals surface area (Å²) in [4.78, 5) is 31.6. The molecule has 1 aliphatic carbocycles. The first-order chi connectivity index (χ1) is 12.1. The van der Waals surface area contributed by atoms with Crippen LogP contribution < -0.4 is 5.32 Å². The van der Waals surface area contributed by atoms with Gasteiger partial charge in [-0.05, 0) is 24.5 Å². The molecule has 1 aliphatic heterocycles. The largest absolute Gasteiger partial charge is 0.339 e. The zero-order chi connectivity index (χ0) is 17.4. The van der Waals surface area contributed by atoms with Gasteiger partial charge in [-0.25, -0.2) is 4.98 Å². The Hall–Kier alpha value is -1.92. The molecule has 0 unspecified atom stereocenters. The van der Waals surface area contributed by atoms with Gasteiger partial charge in [0.05, 0.1) is 5.92 Å². The summed E-state index contributed by atoms with van der Waals surface area (Å²) >= 11 is 7.63. The van der Waals surface area contributed by atoms with Gasteiger partial charge < -0.3 is 10.2 Å². The Morgan fingerprint density at radius 3 is 2.92 bits per heavy atom. The van der Waals surface area contributed by atoms with Crippen molar-refractivity contribution in [1.29, 1.82) is 0 Å². The van der Waals surface area contributed by atoms with Crippen LogP contribution in [0.2, 0.25) is 5.02 Å². The minimum absolute atomic E-state index is 0.0983. The lowest BCUT2D eigenvalue weighted by Gasteiger charge is -2.14. The second kappa shape index (κ2) is 6.77. The lowest BCUT2D eigenvalue weighted by atomic mass is 10.1. The molecule has 0 radical (unpaired) electrons. The van der Waals surface area contributed by atoms with Gasteiger partial charge in [0.25, 0.3) is 0 Å². The molecular weight excluding hydrogens is 358 g/mol. The summed E-state index contributed by atoms with van der Waals surface area (Å²) in [7, 11) is 0. The van der Waals surface area contributed by atoms with E-state index >= 15 is 0 Å². The highest BCUT2D eigenvalue weighted by Gasteiger charge is 2.41. The fourth-order valence-corrected chi connectivity index (χ4v) is 4.17. The van der Waals surface area contributed by atoms with Crippen LogP contribution in [0.15, 0.2) is 30.5 Å². The topological polar surface area (TPSA) is 62.3 Å². The van der Waals surface area contributed by atoms with E-state index in [2.05, 4.69) is 10.3 Å². The summed E-state index contributed by atoms with van der Waals surface area (Å²) in [5.41, 5.74) is 1.03. The van der Waals surface area contributed by atoms with Gasteiger partial charge in [-0.1, -0.05) is 29.8 Å². The fourth-order valence-electron chi connectivity index (χ4n) is 3.13. The zero-order valence-corrected chi connectivity index (χ0v) is 15.1. The Balaban J connectivity index is 1.37. The molecule has 25 heavy (non-hydrogen) atoms. The molecule has 0 bridgehead atoms. The van der Waals surface area contributed by atoms with Crippen molar-refractivity contribution in [2.24, 2.45) is 5.92 Å². The van der Waals surface area contributed by atoms with E-state index in [1.807, 2.05) is 29.2 Å². The molecule has 1 aromatic heterocycles. The Labute approximate surface area is 155 Å². The molecule has 1 atom stereocenters.